The molecule has 0 radical (unpaired) electrons. The molecule has 1 N–H and O–H groups in total. The minimum Gasteiger partial charge on any atom is -0.328 e. The molecule has 3 aromatic rings. The van der Waals surface area contributed by atoms with Crippen LogP contribution < -0.4 is 0 Å². The van der Waals surface area contributed by atoms with Crippen LogP contribution in [0.1, 0.15) is 40.9 Å². The van der Waals surface area contributed by atoms with E-state index in [1.807, 2.05) is 12.1 Å². The van der Waals surface area contributed by atoms with Gasteiger partial charge in [0.25, 0.3) is 5.91 Å². The van der Waals surface area contributed by atoms with Gasteiger partial charge in [-0.25, -0.2) is 0 Å². The molecule has 1 fully saturated rings. The number of aromatic amines is 1. The Morgan fingerprint density at radius 1 is 1.24 bits per heavy atom. The molecule has 0 atom stereocenters. The van der Waals surface area contributed by atoms with Crippen molar-refractivity contribution >= 4 is 5.91 Å². The zero-order valence-corrected chi connectivity index (χ0v) is 13.6. The number of carbonyl (C=O) groups excluding carboxylic acids is 1. The molecular weight excluding hydrogens is 318 g/mol. The number of carbonyl (C=O) groups is 1. The van der Waals surface area contributed by atoms with E-state index in [0.29, 0.717) is 30.4 Å². The standard InChI is InChI=1S/C17H17N7O/c25-17(14-8-13(19-20-14)12-2-1-5-18-9-12)23-6-7-24-15(10-23)21-22-16(24)11-3-4-11/h1-2,5,8-9,11H,3-4,6-7,10H2,(H,19,20). The number of fused-ring (bicyclic) bond motifs is 1. The minimum atomic E-state index is -0.0649. The molecule has 2 aliphatic rings. The van der Waals surface area contributed by atoms with E-state index in [9.17, 15) is 4.79 Å². The fourth-order valence-corrected chi connectivity index (χ4v) is 3.26. The summed E-state index contributed by atoms with van der Waals surface area (Å²) in [6.45, 7) is 1.90. The van der Waals surface area contributed by atoms with Crippen LogP contribution in [0.15, 0.2) is 30.6 Å². The van der Waals surface area contributed by atoms with Crippen LogP contribution >= 0.6 is 0 Å². The number of nitrogens with zero attached hydrogens (tertiary/aromatic N) is 6. The second-order valence-electron chi connectivity index (χ2n) is 6.54. The number of amides is 1. The highest BCUT2D eigenvalue weighted by Gasteiger charge is 2.33. The van der Waals surface area contributed by atoms with E-state index in [1.165, 1.54) is 12.8 Å². The Hall–Kier alpha value is -3.03. The third kappa shape index (κ3) is 2.50. The van der Waals surface area contributed by atoms with Gasteiger partial charge in [-0.1, -0.05) is 0 Å². The maximum absolute atomic E-state index is 12.8. The second-order valence-corrected chi connectivity index (χ2v) is 6.54. The van der Waals surface area contributed by atoms with E-state index in [4.69, 9.17) is 0 Å². The topological polar surface area (TPSA) is 92.6 Å². The first-order valence-corrected chi connectivity index (χ1v) is 8.46. The van der Waals surface area contributed by atoms with Gasteiger partial charge in [-0.05, 0) is 31.0 Å². The lowest BCUT2D eigenvalue weighted by Gasteiger charge is -2.27. The summed E-state index contributed by atoms with van der Waals surface area (Å²) < 4.78 is 2.18. The molecule has 126 valence electrons. The Morgan fingerprint density at radius 2 is 2.16 bits per heavy atom. The number of H-pyrrole nitrogens is 1. The summed E-state index contributed by atoms with van der Waals surface area (Å²) in [5, 5.41) is 15.7. The molecule has 1 saturated carbocycles. The summed E-state index contributed by atoms with van der Waals surface area (Å²) in [5.74, 6) is 2.46. The van der Waals surface area contributed by atoms with E-state index in [2.05, 4.69) is 29.9 Å². The van der Waals surface area contributed by atoms with Gasteiger partial charge < -0.3 is 9.47 Å². The molecular formula is C17H17N7O. The van der Waals surface area contributed by atoms with E-state index in [0.717, 1.165) is 23.8 Å². The summed E-state index contributed by atoms with van der Waals surface area (Å²) in [7, 11) is 0. The first kappa shape index (κ1) is 14.3. The van der Waals surface area contributed by atoms with Crippen LogP contribution in [0.3, 0.4) is 0 Å². The van der Waals surface area contributed by atoms with Crippen LogP contribution in [-0.4, -0.2) is 47.3 Å². The Labute approximate surface area is 143 Å². The Kier molecular flexibility index (Phi) is 3.16. The summed E-state index contributed by atoms with van der Waals surface area (Å²) in [6, 6.07) is 5.54. The molecule has 0 saturated heterocycles. The van der Waals surface area contributed by atoms with Crippen LogP contribution in [0.2, 0.25) is 0 Å². The Balaban J connectivity index is 1.35. The van der Waals surface area contributed by atoms with Crippen molar-refractivity contribution in [1.82, 2.24) is 34.8 Å². The third-order valence-electron chi connectivity index (χ3n) is 4.78. The molecule has 1 amide bonds. The number of hydrogen-bond acceptors (Lipinski definition) is 5. The van der Waals surface area contributed by atoms with Gasteiger partial charge >= 0.3 is 0 Å². The average Bonchev–Trinajstić information content (AvgIpc) is 3.22. The first-order chi connectivity index (χ1) is 12.3. The Morgan fingerprint density at radius 3 is 2.96 bits per heavy atom. The molecule has 4 heterocycles. The predicted molar refractivity (Wildman–Crippen MR) is 88.6 cm³/mol. The molecule has 0 unspecified atom stereocenters. The second kappa shape index (κ2) is 5.51. The van der Waals surface area contributed by atoms with Gasteiger partial charge in [0.2, 0.25) is 0 Å². The van der Waals surface area contributed by atoms with Crippen LogP contribution in [0.4, 0.5) is 0 Å². The van der Waals surface area contributed by atoms with E-state index in [-0.39, 0.29) is 5.91 Å². The monoisotopic (exact) mass is 335 g/mol. The summed E-state index contributed by atoms with van der Waals surface area (Å²) >= 11 is 0. The molecule has 0 aromatic carbocycles. The van der Waals surface area contributed by atoms with Crippen molar-refractivity contribution < 1.29 is 4.79 Å². The average molecular weight is 335 g/mol. The molecule has 0 spiro atoms. The molecule has 0 bridgehead atoms. The maximum Gasteiger partial charge on any atom is 0.272 e. The Bertz CT molecular complexity index is 926. The fraction of sp³-hybridized carbons (Fsp3) is 0.353. The van der Waals surface area contributed by atoms with Crippen molar-refractivity contribution in [3.63, 3.8) is 0 Å². The normalized spacial score (nSPS) is 16.7. The minimum absolute atomic E-state index is 0.0649. The lowest BCUT2D eigenvalue weighted by atomic mass is 10.2. The van der Waals surface area contributed by atoms with Gasteiger partial charge in [0.05, 0.1) is 12.2 Å². The fourth-order valence-electron chi connectivity index (χ4n) is 3.26. The van der Waals surface area contributed by atoms with Gasteiger partial charge in [0.1, 0.15) is 11.5 Å². The number of hydrogen-bond donors (Lipinski definition) is 1. The van der Waals surface area contributed by atoms with E-state index < -0.39 is 0 Å². The number of rotatable bonds is 3. The van der Waals surface area contributed by atoms with Crippen molar-refractivity contribution in [2.45, 2.75) is 31.8 Å². The van der Waals surface area contributed by atoms with Gasteiger partial charge in [0.15, 0.2) is 5.82 Å². The molecule has 8 nitrogen and oxygen atoms in total. The first-order valence-electron chi connectivity index (χ1n) is 8.46. The lowest BCUT2D eigenvalue weighted by Crippen LogP contribution is -2.39. The van der Waals surface area contributed by atoms with Crippen molar-refractivity contribution in [2.24, 2.45) is 0 Å². The summed E-state index contributed by atoms with van der Waals surface area (Å²) in [6.07, 6.45) is 5.84. The van der Waals surface area contributed by atoms with Gasteiger partial charge in [-0.2, -0.15) is 5.10 Å². The highest BCUT2D eigenvalue weighted by atomic mass is 16.2. The van der Waals surface area contributed by atoms with Gasteiger partial charge in [-0.15, -0.1) is 10.2 Å². The van der Waals surface area contributed by atoms with Crippen LogP contribution in [0, 0.1) is 0 Å². The van der Waals surface area contributed by atoms with Crippen LogP contribution in [0.25, 0.3) is 11.3 Å². The third-order valence-corrected chi connectivity index (χ3v) is 4.78. The zero-order chi connectivity index (χ0) is 16.8. The molecule has 3 aromatic heterocycles. The van der Waals surface area contributed by atoms with Gasteiger partial charge in [0, 0.05) is 37.0 Å². The molecule has 1 aliphatic heterocycles. The van der Waals surface area contributed by atoms with Crippen molar-refractivity contribution in [2.75, 3.05) is 6.54 Å². The van der Waals surface area contributed by atoms with Crippen molar-refractivity contribution in [3.05, 3.63) is 47.9 Å². The number of pyridine rings is 1. The molecule has 5 rings (SSSR count). The zero-order valence-electron chi connectivity index (χ0n) is 13.6. The highest BCUT2D eigenvalue weighted by Crippen LogP contribution is 2.39. The van der Waals surface area contributed by atoms with Crippen molar-refractivity contribution in [3.8, 4) is 11.3 Å². The van der Waals surface area contributed by atoms with E-state index >= 15 is 0 Å². The number of aromatic nitrogens is 6. The molecule has 25 heavy (non-hydrogen) atoms. The van der Waals surface area contributed by atoms with E-state index in [1.54, 1.807) is 23.4 Å². The summed E-state index contributed by atoms with van der Waals surface area (Å²) in [4.78, 5) is 18.7. The lowest BCUT2D eigenvalue weighted by molar-refractivity contribution is 0.0700. The smallest absolute Gasteiger partial charge is 0.272 e. The molecule has 8 heteroatoms. The van der Waals surface area contributed by atoms with Crippen LogP contribution in [0.5, 0.6) is 0 Å². The number of nitrogens with one attached hydrogen (secondary N) is 1. The van der Waals surface area contributed by atoms with Crippen LogP contribution in [-0.2, 0) is 13.1 Å². The maximum atomic E-state index is 12.8. The van der Waals surface area contributed by atoms with Gasteiger partial charge in [-0.3, -0.25) is 14.9 Å². The highest BCUT2D eigenvalue weighted by molar-refractivity contribution is 5.93. The van der Waals surface area contributed by atoms with Crippen molar-refractivity contribution in [1.29, 1.82) is 0 Å². The predicted octanol–water partition coefficient (Wildman–Crippen LogP) is 1.60. The largest absolute Gasteiger partial charge is 0.328 e. The quantitative estimate of drug-likeness (QED) is 0.785. The molecule has 1 aliphatic carbocycles. The SMILES string of the molecule is O=C(c1cc(-c2cccnc2)n[nH]1)N1CCn2c(nnc2C2CC2)C1. The summed E-state index contributed by atoms with van der Waals surface area (Å²) in [5.41, 5.74) is 2.08.